The number of hydrogen-bond acceptors (Lipinski definition) is 5. The number of nitrogens with zero attached hydrogens (tertiary/aromatic N) is 1. The zero-order chi connectivity index (χ0) is 18.2. The first-order valence-electron chi connectivity index (χ1n) is 7.38. The second kappa shape index (κ2) is 8.93. The minimum absolute atomic E-state index is 0.0111. The first-order chi connectivity index (χ1) is 12.0. The molecule has 0 aliphatic rings. The van der Waals surface area contributed by atoms with E-state index < -0.39 is 10.9 Å². The maximum Gasteiger partial charge on any atom is 0.307 e. The van der Waals surface area contributed by atoms with Gasteiger partial charge in [-0.15, -0.1) is 0 Å². The molecule has 0 aliphatic heterocycles. The Morgan fingerprint density at radius 2 is 1.88 bits per heavy atom. The van der Waals surface area contributed by atoms with Gasteiger partial charge in [0.25, 0.3) is 11.6 Å². The number of rotatable bonds is 7. The van der Waals surface area contributed by atoms with E-state index in [1.807, 2.05) is 0 Å². The normalized spacial score (nSPS) is 10.1. The monoisotopic (exact) mass is 406 g/mol. The molecule has 0 saturated heterocycles. The van der Waals surface area contributed by atoms with Crippen molar-refractivity contribution in [3.05, 3.63) is 74.2 Å². The lowest BCUT2D eigenvalue weighted by Crippen LogP contribution is -2.26. The van der Waals surface area contributed by atoms with Crippen molar-refractivity contribution in [2.24, 2.45) is 0 Å². The van der Waals surface area contributed by atoms with Crippen LogP contribution in [0.2, 0.25) is 0 Å². The molecule has 1 N–H and O–H groups in total. The predicted molar refractivity (Wildman–Crippen MR) is 94.0 cm³/mol. The van der Waals surface area contributed by atoms with Crippen LogP contribution >= 0.6 is 15.9 Å². The minimum Gasteiger partial charge on any atom is -0.461 e. The Morgan fingerprint density at radius 1 is 1.16 bits per heavy atom. The van der Waals surface area contributed by atoms with Crippen molar-refractivity contribution in [1.82, 2.24) is 5.32 Å². The highest BCUT2D eigenvalue weighted by Crippen LogP contribution is 2.14. The molecule has 2 aromatic rings. The highest BCUT2D eigenvalue weighted by Gasteiger charge is 2.09. The Labute approximate surface area is 152 Å². The minimum atomic E-state index is -0.511. The van der Waals surface area contributed by atoms with Crippen molar-refractivity contribution in [3.8, 4) is 0 Å². The molecule has 7 nitrogen and oxygen atoms in total. The molecule has 0 spiro atoms. The third kappa shape index (κ3) is 6.00. The molecule has 0 bridgehead atoms. The Morgan fingerprint density at radius 3 is 2.56 bits per heavy atom. The number of nitro groups is 1. The van der Waals surface area contributed by atoms with Gasteiger partial charge in [-0.25, -0.2) is 0 Å². The maximum absolute atomic E-state index is 11.9. The quantitative estimate of drug-likeness (QED) is 0.432. The summed E-state index contributed by atoms with van der Waals surface area (Å²) in [6.07, 6.45) is 0.0111. The van der Waals surface area contributed by atoms with Crippen molar-refractivity contribution in [2.75, 3.05) is 6.54 Å². The number of ether oxygens (including phenoxy) is 1. The van der Waals surface area contributed by atoms with Crippen molar-refractivity contribution in [3.63, 3.8) is 0 Å². The molecule has 1 amide bonds. The van der Waals surface area contributed by atoms with Crippen LogP contribution < -0.4 is 5.32 Å². The van der Waals surface area contributed by atoms with Crippen LogP contribution in [0.1, 0.15) is 22.3 Å². The summed E-state index contributed by atoms with van der Waals surface area (Å²) in [6.45, 7) is 0.0871. The van der Waals surface area contributed by atoms with E-state index in [-0.39, 0.29) is 31.2 Å². The highest BCUT2D eigenvalue weighted by atomic mass is 79.9. The fourth-order valence-electron chi connectivity index (χ4n) is 1.98. The molecule has 0 radical (unpaired) electrons. The van der Waals surface area contributed by atoms with Gasteiger partial charge in [0.15, 0.2) is 0 Å². The van der Waals surface area contributed by atoms with E-state index in [9.17, 15) is 19.7 Å². The SMILES string of the molecule is O=C(CCNC(=O)c1ccc(Br)cc1)OCc1cccc([N+](=O)[O-])c1. The number of halogens is 1. The summed E-state index contributed by atoms with van der Waals surface area (Å²) in [5, 5.41) is 13.3. The van der Waals surface area contributed by atoms with E-state index in [0.717, 1.165) is 4.47 Å². The van der Waals surface area contributed by atoms with Crippen LogP contribution in [-0.4, -0.2) is 23.3 Å². The molecule has 0 heterocycles. The molecule has 0 aliphatic carbocycles. The van der Waals surface area contributed by atoms with Gasteiger partial charge in [0.1, 0.15) is 6.61 Å². The summed E-state index contributed by atoms with van der Waals surface area (Å²) in [7, 11) is 0. The van der Waals surface area contributed by atoms with E-state index in [1.165, 1.54) is 18.2 Å². The predicted octanol–water partition coefficient (Wildman–Crippen LogP) is 3.22. The van der Waals surface area contributed by atoms with Gasteiger partial charge >= 0.3 is 5.97 Å². The van der Waals surface area contributed by atoms with Gasteiger partial charge in [0.2, 0.25) is 0 Å². The van der Waals surface area contributed by atoms with Gasteiger partial charge in [0, 0.05) is 28.7 Å². The second-order valence-electron chi connectivity index (χ2n) is 5.10. The second-order valence-corrected chi connectivity index (χ2v) is 6.02. The summed E-state index contributed by atoms with van der Waals surface area (Å²) in [4.78, 5) is 33.7. The fraction of sp³-hybridized carbons (Fsp3) is 0.176. The lowest BCUT2D eigenvalue weighted by atomic mass is 10.2. The topological polar surface area (TPSA) is 98.5 Å². The van der Waals surface area contributed by atoms with Gasteiger partial charge in [-0.1, -0.05) is 28.1 Å². The van der Waals surface area contributed by atoms with Crippen LogP contribution in [0.15, 0.2) is 53.0 Å². The molecule has 2 aromatic carbocycles. The summed E-state index contributed by atoms with van der Waals surface area (Å²) in [5.41, 5.74) is 0.963. The van der Waals surface area contributed by atoms with Crippen LogP contribution in [0.4, 0.5) is 5.69 Å². The Balaban J connectivity index is 1.74. The van der Waals surface area contributed by atoms with Crippen LogP contribution in [0.3, 0.4) is 0 Å². The largest absolute Gasteiger partial charge is 0.461 e. The van der Waals surface area contributed by atoms with Crippen LogP contribution in [0.25, 0.3) is 0 Å². The molecule has 2 rings (SSSR count). The summed E-state index contributed by atoms with van der Waals surface area (Å²) >= 11 is 3.28. The number of benzene rings is 2. The number of carbonyl (C=O) groups is 2. The van der Waals surface area contributed by atoms with Crippen molar-refractivity contribution in [1.29, 1.82) is 0 Å². The van der Waals surface area contributed by atoms with Crippen molar-refractivity contribution >= 4 is 33.5 Å². The standard InChI is InChI=1S/C17H15BrN2O5/c18-14-6-4-13(5-7-14)17(22)19-9-8-16(21)25-11-12-2-1-3-15(10-12)20(23)24/h1-7,10H,8-9,11H2,(H,19,22). The third-order valence-electron chi connectivity index (χ3n) is 3.24. The molecular weight excluding hydrogens is 392 g/mol. The number of nitrogens with one attached hydrogen (secondary N) is 1. The Kier molecular flexibility index (Phi) is 6.64. The molecule has 8 heteroatoms. The average Bonchev–Trinajstić information content (AvgIpc) is 2.60. The molecule has 130 valence electrons. The molecule has 0 fully saturated rings. The highest BCUT2D eigenvalue weighted by molar-refractivity contribution is 9.10. The summed E-state index contributed by atoms with van der Waals surface area (Å²) < 4.78 is 5.92. The van der Waals surface area contributed by atoms with E-state index in [4.69, 9.17) is 4.74 Å². The number of nitro benzene ring substituents is 1. The zero-order valence-corrected chi connectivity index (χ0v) is 14.7. The van der Waals surface area contributed by atoms with Gasteiger partial charge < -0.3 is 10.1 Å². The first-order valence-corrected chi connectivity index (χ1v) is 8.18. The molecule has 25 heavy (non-hydrogen) atoms. The number of amides is 1. The van der Waals surface area contributed by atoms with E-state index >= 15 is 0 Å². The van der Waals surface area contributed by atoms with Crippen LogP contribution in [0.5, 0.6) is 0 Å². The number of carbonyl (C=O) groups excluding carboxylic acids is 2. The van der Waals surface area contributed by atoms with Crippen molar-refractivity contribution < 1.29 is 19.2 Å². The molecule has 0 saturated carbocycles. The molecular formula is C17H15BrN2O5. The Hall–Kier alpha value is -2.74. The number of hydrogen-bond donors (Lipinski definition) is 1. The summed E-state index contributed by atoms with van der Waals surface area (Å²) in [6, 6.07) is 12.7. The Bertz CT molecular complexity index is 777. The molecule has 0 unspecified atom stereocenters. The first kappa shape index (κ1) is 18.6. The van der Waals surface area contributed by atoms with Gasteiger partial charge in [-0.2, -0.15) is 0 Å². The lowest BCUT2D eigenvalue weighted by Gasteiger charge is -2.07. The zero-order valence-electron chi connectivity index (χ0n) is 13.1. The fourth-order valence-corrected chi connectivity index (χ4v) is 2.24. The van der Waals surface area contributed by atoms with Gasteiger partial charge in [-0.3, -0.25) is 19.7 Å². The maximum atomic E-state index is 11.9. The van der Waals surface area contributed by atoms with Gasteiger partial charge in [0.05, 0.1) is 11.3 Å². The van der Waals surface area contributed by atoms with E-state index in [1.54, 1.807) is 30.3 Å². The van der Waals surface area contributed by atoms with Gasteiger partial charge in [-0.05, 0) is 29.8 Å². The number of non-ortho nitro benzene ring substituents is 1. The van der Waals surface area contributed by atoms with E-state index in [0.29, 0.717) is 11.1 Å². The van der Waals surface area contributed by atoms with E-state index in [2.05, 4.69) is 21.2 Å². The van der Waals surface area contributed by atoms with Crippen LogP contribution in [-0.2, 0) is 16.1 Å². The summed E-state index contributed by atoms with van der Waals surface area (Å²) in [5.74, 6) is -0.776. The van der Waals surface area contributed by atoms with Crippen molar-refractivity contribution in [2.45, 2.75) is 13.0 Å². The molecule has 0 atom stereocenters. The van der Waals surface area contributed by atoms with Crippen LogP contribution in [0, 0.1) is 10.1 Å². The third-order valence-corrected chi connectivity index (χ3v) is 3.77. The molecule has 0 aromatic heterocycles. The number of esters is 1. The smallest absolute Gasteiger partial charge is 0.307 e. The average molecular weight is 407 g/mol. The lowest BCUT2D eigenvalue weighted by molar-refractivity contribution is -0.384.